The SMILES string of the molecule is CNC(=O)c1cc(-c2ccc3ncccc3c2)c2c(c1)N(C(=O)[C@@H]1CCCN1C#N)CC2. The van der Waals surface area contributed by atoms with Gasteiger partial charge in [-0.1, -0.05) is 12.1 Å². The van der Waals surface area contributed by atoms with E-state index >= 15 is 0 Å². The summed E-state index contributed by atoms with van der Waals surface area (Å²) in [5.74, 6) is -0.263. The Bertz CT molecular complexity index is 1280. The number of nitrogens with zero attached hydrogens (tertiary/aromatic N) is 4. The molecule has 3 heterocycles. The van der Waals surface area contributed by atoms with Crippen molar-refractivity contribution in [1.29, 1.82) is 5.26 Å². The fraction of sp³-hybridized carbons (Fsp3) is 0.280. The number of likely N-dealkylation sites (tertiary alicyclic amines) is 1. The highest BCUT2D eigenvalue weighted by molar-refractivity contribution is 6.04. The Labute approximate surface area is 186 Å². The van der Waals surface area contributed by atoms with Crippen molar-refractivity contribution in [2.45, 2.75) is 25.3 Å². The Morgan fingerprint density at radius 3 is 2.88 bits per heavy atom. The molecule has 32 heavy (non-hydrogen) atoms. The largest absolute Gasteiger partial charge is 0.355 e. The molecule has 2 aliphatic rings. The standard InChI is InChI=1S/C25H23N5O2/c1-27-24(31)18-13-20(16-6-7-21-17(12-16)4-2-9-28-21)19-8-11-30(23(19)14-18)25(32)22-5-3-10-29(22)15-26/h2,4,6-7,9,12-14,22H,3,5,8,10-11H2,1H3,(H,27,31)/t22-/m0/s1. The Balaban J connectivity index is 1.62. The van der Waals surface area contributed by atoms with E-state index in [1.165, 1.54) is 0 Å². The summed E-state index contributed by atoms with van der Waals surface area (Å²) in [7, 11) is 1.60. The molecule has 0 radical (unpaired) electrons. The summed E-state index contributed by atoms with van der Waals surface area (Å²) in [5.41, 5.74) is 5.17. The summed E-state index contributed by atoms with van der Waals surface area (Å²) in [6, 6.07) is 13.3. The summed E-state index contributed by atoms with van der Waals surface area (Å²) in [4.78, 5) is 33.7. The van der Waals surface area contributed by atoms with Gasteiger partial charge in [-0.3, -0.25) is 19.5 Å². The summed E-state index contributed by atoms with van der Waals surface area (Å²) < 4.78 is 0. The molecule has 0 spiro atoms. The second-order valence-electron chi connectivity index (χ2n) is 8.20. The number of hydrogen-bond donors (Lipinski definition) is 1. The minimum Gasteiger partial charge on any atom is -0.355 e. The number of carbonyl (C=O) groups is 2. The highest BCUT2D eigenvalue weighted by Gasteiger charge is 2.37. The van der Waals surface area contributed by atoms with Crippen molar-refractivity contribution in [1.82, 2.24) is 15.2 Å². The monoisotopic (exact) mass is 425 g/mol. The molecular weight excluding hydrogens is 402 g/mol. The number of pyridine rings is 1. The molecule has 5 rings (SSSR count). The van der Waals surface area contributed by atoms with Crippen molar-refractivity contribution >= 4 is 28.4 Å². The zero-order valence-electron chi connectivity index (χ0n) is 17.8. The predicted octanol–water partition coefficient (Wildman–Crippen LogP) is 3.10. The summed E-state index contributed by atoms with van der Waals surface area (Å²) in [5, 5.41) is 13.1. The number of benzene rings is 2. The number of rotatable bonds is 3. The van der Waals surface area contributed by atoms with E-state index < -0.39 is 6.04 Å². The number of carbonyl (C=O) groups excluding carboxylic acids is 2. The molecule has 1 atom stereocenters. The summed E-state index contributed by atoms with van der Waals surface area (Å²) in [6.45, 7) is 1.16. The maximum absolute atomic E-state index is 13.4. The number of nitrogens with one attached hydrogen (secondary N) is 1. The van der Waals surface area contributed by atoms with Crippen LogP contribution in [0.1, 0.15) is 28.8 Å². The quantitative estimate of drug-likeness (QED) is 0.652. The van der Waals surface area contributed by atoms with Crippen LogP contribution in [-0.4, -0.2) is 47.9 Å². The fourth-order valence-electron chi connectivity index (χ4n) is 4.83. The topological polar surface area (TPSA) is 89.3 Å². The van der Waals surface area contributed by atoms with E-state index in [0.29, 0.717) is 31.5 Å². The van der Waals surface area contributed by atoms with Gasteiger partial charge in [0.15, 0.2) is 6.19 Å². The number of aromatic nitrogens is 1. The first kappa shape index (κ1) is 20.0. The molecule has 2 aliphatic heterocycles. The second-order valence-corrected chi connectivity index (χ2v) is 8.20. The lowest BCUT2D eigenvalue weighted by Gasteiger charge is -2.25. The minimum atomic E-state index is -0.426. The molecule has 160 valence electrons. The number of fused-ring (bicyclic) bond motifs is 2. The lowest BCUT2D eigenvalue weighted by atomic mass is 9.94. The van der Waals surface area contributed by atoms with Gasteiger partial charge in [-0.2, -0.15) is 5.26 Å². The summed E-state index contributed by atoms with van der Waals surface area (Å²) >= 11 is 0. The zero-order chi connectivity index (χ0) is 22.2. The first-order valence-electron chi connectivity index (χ1n) is 10.8. The van der Waals surface area contributed by atoms with Crippen LogP contribution in [0.15, 0.2) is 48.7 Å². The van der Waals surface area contributed by atoms with Gasteiger partial charge in [0.25, 0.3) is 5.91 Å². The van der Waals surface area contributed by atoms with Gasteiger partial charge in [-0.15, -0.1) is 0 Å². The Morgan fingerprint density at radius 2 is 2.06 bits per heavy atom. The van der Waals surface area contributed by atoms with Gasteiger partial charge in [0.2, 0.25) is 5.91 Å². The van der Waals surface area contributed by atoms with Crippen LogP contribution in [0.4, 0.5) is 5.69 Å². The van der Waals surface area contributed by atoms with Gasteiger partial charge < -0.3 is 10.2 Å². The maximum atomic E-state index is 13.4. The van der Waals surface area contributed by atoms with Crippen molar-refractivity contribution in [2.24, 2.45) is 0 Å². The Kier molecular flexibility index (Phi) is 4.98. The molecule has 1 saturated heterocycles. The molecule has 7 heteroatoms. The van der Waals surface area contributed by atoms with Crippen molar-refractivity contribution in [3.8, 4) is 17.3 Å². The van der Waals surface area contributed by atoms with E-state index in [1.54, 1.807) is 29.1 Å². The van der Waals surface area contributed by atoms with Crippen LogP contribution in [0, 0.1) is 11.5 Å². The molecule has 2 amide bonds. The first-order chi connectivity index (χ1) is 15.6. The smallest absolute Gasteiger partial charge is 0.251 e. The van der Waals surface area contributed by atoms with Crippen LogP contribution in [0.25, 0.3) is 22.0 Å². The third kappa shape index (κ3) is 3.25. The zero-order valence-corrected chi connectivity index (χ0v) is 17.8. The lowest BCUT2D eigenvalue weighted by molar-refractivity contribution is -0.121. The number of anilines is 1. The first-order valence-corrected chi connectivity index (χ1v) is 10.8. The molecule has 2 aromatic carbocycles. The third-order valence-corrected chi connectivity index (χ3v) is 6.44. The van der Waals surface area contributed by atoms with Crippen LogP contribution in [0.5, 0.6) is 0 Å². The van der Waals surface area contributed by atoms with Crippen molar-refractivity contribution in [3.63, 3.8) is 0 Å². The van der Waals surface area contributed by atoms with Crippen molar-refractivity contribution in [2.75, 3.05) is 25.0 Å². The maximum Gasteiger partial charge on any atom is 0.251 e. The minimum absolute atomic E-state index is 0.0643. The molecule has 0 aliphatic carbocycles. The average molecular weight is 425 g/mol. The van der Waals surface area contributed by atoms with Crippen molar-refractivity contribution < 1.29 is 9.59 Å². The van der Waals surface area contributed by atoms with E-state index in [4.69, 9.17) is 0 Å². The van der Waals surface area contributed by atoms with E-state index in [9.17, 15) is 14.9 Å². The van der Waals surface area contributed by atoms with Gasteiger partial charge in [0.05, 0.1) is 5.52 Å². The predicted molar refractivity (Wildman–Crippen MR) is 122 cm³/mol. The number of hydrogen-bond acceptors (Lipinski definition) is 5. The van der Waals surface area contributed by atoms with Crippen LogP contribution in [0.2, 0.25) is 0 Å². The lowest BCUT2D eigenvalue weighted by Crippen LogP contribution is -2.43. The molecule has 3 aromatic rings. The normalized spacial score (nSPS) is 17.3. The Hall–Kier alpha value is -3.92. The van der Waals surface area contributed by atoms with Crippen molar-refractivity contribution in [3.05, 3.63) is 59.8 Å². The van der Waals surface area contributed by atoms with E-state index in [-0.39, 0.29) is 11.8 Å². The molecule has 7 nitrogen and oxygen atoms in total. The molecule has 0 bridgehead atoms. The highest BCUT2D eigenvalue weighted by atomic mass is 16.2. The van der Waals surface area contributed by atoms with Crippen LogP contribution >= 0.6 is 0 Å². The van der Waals surface area contributed by atoms with Gasteiger partial charge >= 0.3 is 0 Å². The van der Waals surface area contributed by atoms with E-state index in [2.05, 4.69) is 22.6 Å². The highest BCUT2D eigenvalue weighted by Crippen LogP contribution is 2.39. The fourth-order valence-corrected chi connectivity index (χ4v) is 4.83. The molecule has 0 saturated carbocycles. The van der Waals surface area contributed by atoms with Crippen LogP contribution in [-0.2, 0) is 11.2 Å². The molecule has 1 aromatic heterocycles. The second kappa shape index (κ2) is 7.97. The Morgan fingerprint density at radius 1 is 1.19 bits per heavy atom. The molecular formula is C25H23N5O2. The third-order valence-electron chi connectivity index (χ3n) is 6.44. The van der Waals surface area contributed by atoms with Gasteiger partial charge in [-0.05, 0) is 66.3 Å². The number of nitriles is 1. The molecule has 1 fully saturated rings. The van der Waals surface area contributed by atoms with E-state index in [1.807, 2.05) is 30.3 Å². The van der Waals surface area contributed by atoms with Gasteiger partial charge in [0, 0.05) is 43.0 Å². The summed E-state index contributed by atoms with van der Waals surface area (Å²) in [6.07, 6.45) is 6.13. The van der Waals surface area contributed by atoms with Gasteiger partial charge in [0.1, 0.15) is 6.04 Å². The van der Waals surface area contributed by atoms with Crippen LogP contribution < -0.4 is 10.2 Å². The van der Waals surface area contributed by atoms with E-state index in [0.717, 1.165) is 39.7 Å². The van der Waals surface area contributed by atoms with Crippen LogP contribution in [0.3, 0.4) is 0 Å². The number of amides is 2. The van der Waals surface area contributed by atoms with Gasteiger partial charge in [-0.25, -0.2) is 0 Å². The molecule has 0 unspecified atom stereocenters. The molecule has 1 N–H and O–H groups in total. The average Bonchev–Trinajstić information content (AvgIpc) is 3.49.